The van der Waals surface area contributed by atoms with E-state index < -0.39 is 45.6 Å². The summed E-state index contributed by atoms with van der Waals surface area (Å²) in [5, 5.41) is 2.44. The van der Waals surface area contributed by atoms with Gasteiger partial charge in [0, 0.05) is 37.3 Å². The summed E-state index contributed by atoms with van der Waals surface area (Å²) in [5.74, 6) is -1.87. The molecule has 3 aliphatic rings. The molecule has 0 saturated carbocycles. The summed E-state index contributed by atoms with van der Waals surface area (Å²) >= 11 is 0. The van der Waals surface area contributed by atoms with Crippen LogP contribution in [0, 0.1) is 11.2 Å². The minimum absolute atomic E-state index is 0.0943. The third-order valence-corrected chi connectivity index (χ3v) is 9.42. The normalized spacial score (nSPS) is 21.1. The van der Waals surface area contributed by atoms with Crippen molar-refractivity contribution in [3.63, 3.8) is 0 Å². The number of sulfone groups is 1. The third-order valence-electron chi connectivity index (χ3n) is 7.31. The van der Waals surface area contributed by atoms with E-state index in [1.54, 1.807) is 11.0 Å². The van der Waals surface area contributed by atoms with E-state index in [4.69, 9.17) is 4.42 Å². The second-order valence-corrected chi connectivity index (χ2v) is 12.3. The highest BCUT2D eigenvalue weighted by Crippen LogP contribution is 2.43. The number of carbonyl (C=O) groups is 1. The Bertz CT molecular complexity index is 1270. The zero-order valence-corrected chi connectivity index (χ0v) is 20.9. The molecular formula is C24H28F4N4O4S. The van der Waals surface area contributed by atoms with E-state index >= 15 is 0 Å². The fourth-order valence-corrected chi connectivity index (χ4v) is 7.83. The van der Waals surface area contributed by atoms with Gasteiger partial charge in [0.2, 0.25) is 0 Å². The zero-order valence-electron chi connectivity index (χ0n) is 20.1. The van der Waals surface area contributed by atoms with Gasteiger partial charge < -0.3 is 19.5 Å². The number of hydrogen-bond acceptors (Lipinski definition) is 7. The van der Waals surface area contributed by atoms with Crippen molar-refractivity contribution >= 4 is 33.1 Å². The monoisotopic (exact) mass is 544 g/mol. The largest absolute Gasteiger partial charge is 0.427 e. The Morgan fingerprint density at radius 3 is 2.32 bits per heavy atom. The maximum absolute atomic E-state index is 14.8. The molecule has 2 aromatic rings. The maximum atomic E-state index is 14.8. The van der Waals surface area contributed by atoms with Crippen molar-refractivity contribution in [2.45, 2.75) is 44.7 Å². The molecule has 1 N–H and O–H groups in total. The van der Waals surface area contributed by atoms with Gasteiger partial charge in [-0.3, -0.25) is 4.79 Å². The first-order valence-corrected chi connectivity index (χ1v) is 14.1. The molecule has 0 radical (unpaired) electrons. The smallest absolute Gasteiger partial charge is 0.396 e. The maximum Gasteiger partial charge on any atom is 0.396 e. The lowest BCUT2D eigenvalue weighted by molar-refractivity contribution is -0.130. The standard InChI is InChI=1S/C24H28F4N4O4S/c25-17-12-16(4-5-18(17)31-8-2-1-3-9-31)29-21(33)20-19(13-24(26,27)28)36-22(30-20)32-10-6-23(7-11-32)14-37(34,35)15-23/h4-5,12H,1-3,6-11,13-15H2,(H,29,33). The number of nitrogens with one attached hydrogen (secondary N) is 1. The minimum atomic E-state index is -4.64. The Hall–Kier alpha value is -2.83. The van der Waals surface area contributed by atoms with E-state index in [0.29, 0.717) is 31.6 Å². The zero-order chi connectivity index (χ0) is 26.4. The highest BCUT2D eigenvalue weighted by Gasteiger charge is 2.50. The predicted molar refractivity (Wildman–Crippen MR) is 129 cm³/mol. The molecule has 3 saturated heterocycles. The Balaban J connectivity index is 1.32. The van der Waals surface area contributed by atoms with Crippen molar-refractivity contribution < 1.29 is 35.2 Å². The first-order chi connectivity index (χ1) is 17.4. The molecule has 8 nitrogen and oxygen atoms in total. The van der Waals surface area contributed by atoms with Crippen LogP contribution in [0.4, 0.5) is 35.0 Å². The van der Waals surface area contributed by atoms with E-state index in [1.807, 2.05) is 4.90 Å². The fourth-order valence-electron chi connectivity index (χ4n) is 5.47. The van der Waals surface area contributed by atoms with E-state index in [1.165, 1.54) is 6.07 Å². The number of nitrogens with zero attached hydrogens (tertiary/aromatic N) is 3. The number of rotatable bonds is 5. The van der Waals surface area contributed by atoms with Crippen molar-refractivity contribution in [2.24, 2.45) is 5.41 Å². The molecule has 0 unspecified atom stereocenters. The van der Waals surface area contributed by atoms with Gasteiger partial charge in [0.25, 0.3) is 11.9 Å². The summed E-state index contributed by atoms with van der Waals surface area (Å²) < 4.78 is 83.1. The van der Waals surface area contributed by atoms with Crippen molar-refractivity contribution in [3.05, 3.63) is 35.5 Å². The quantitative estimate of drug-likeness (QED) is 0.565. The number of oxazole rings is 1. The van der Waals surface area contributed by atoms with Crippen LogP contribution in [0.2, 0.25) is 0 Å². The summed E-state index contributed by atoms with van der Waals surface area (Å²) in [4.78, 5) is 20.6. The number of aromatic nitrogens is 1. The van der Waals surface area contributed by atoms with E-state index in [2.05, 4.69) is 10.3 Å². The molecule has 3 aliphatic heterocycles. The van der Waals surface area contributed by atoms with Gasteiger partial charge in [-0.15, -0.1) is 0 Å². The molecular weight excluding hydrogens is 516 g/mol. The first-order valence-electron chi connectivity index (χ1n) is 12.3. The number of hydrogen-bond donors (Lipinski definition) is 1. The number of halogens is 4. The predicted octanol–water partition coefficient (Wildman–Crippen LogP) is 4.18. The summed E-state index contributed by atoms with van der Waals surface area (Å²) in [6.07, 6.45) is -2.04. The van der Waals surface area contributed by atoms with Gasteiger partial charge in [0.15, 0.2) is 15.5 Å². The van der Waals surface area contributed by atoms with Gasteiger partial charge in [-0.25, -0.2) is 12.8 Å². The van der Waals surface area contributed by atoms with E-state index in [9.17, 15) is 30.8 Å². The van der Waals surface area contributed by atoms with Crippen molar-refractivity contribution in [2.75, 3.05) is 52.8 Å². The molecule has 3 fully saturated rings. The van der Waals surface area contributed by atoms with Gasteiger partial charge in [-0.1, -0.05) is 0 Å². The molecule has 1 amide bonds. The molecule has 4 heterocycles. The highest BCUT2D eigenvalue weighted by atomic mass is 32.2. The summed E-state index contributed by atoms with van der Waals surface area (Å²) in [5.41, 5.74) is -0.306. The second-order valence-electron chi connectivity index (χ2n) is 10.2. The lowest BCUT2D eigenvalue weighted by Crippen LogP contribution is -2.54. The molecule has 37 heavy (non-hydrogen) atoms. The lowest BCUT2D eigenvalue weighted by atomic mass is 9.81. The Labute approximate surface area is 211 Å². The van der Waals surface area contributed by atoms with E-state index in [-0.39, 0.29) is 28.6 Å². The van der Waals surface area contributed by atoms with Gasteiger partial charge in [0.1, 0.15) is 18.0 Å². The first kappa shape index (κ1) is 25.8. The number of carbonyl (C=O) groups excluding carboxylic acids is 1. The van der Waals surface area contributed by atoms with Crippen LogP contribution in [0.25, 0.3) is 0 Å². The molecule has 202 valence electrons. The summed E-state index contributed by atoms with van der Waals surface area (Å²) in [6, 6.07) is 4.08. The van der Waals surface area contributed by atoms with Crippen LogP contribution < -0.4 is 15.1 Å². The molecule has 0 atom stereocenters. The van der Waals surface area contributed by atoms with Gasteiger partial charge >= 0.3 is 6.18 Å². The van der Waals surface area contributed by atoms with Gasteiger partial charge in [-0.05, 0) is 50.3 Å². The van der Waals surface area contributed by atoms with Crippen LogP contribution in [0.3, 0.4) is 0 Å². The highest BCUT2D eigenvalue weighted by molar-refractivity contribution is 7.92. The summed E-state index contributed by atoms with van der Waals surface area (Å²) in [7, 11) is -3.01. The van der Waals surface area contributed by atoms with Crippen molar-refractivity contribution in [3.8, 4) is 0 Å². The fraction of sp³-hybridized carbons (Fsp3) is 0.583. The number of alkyl halides is 3. The third kappa shape index (κ3) is 5.70. The van der Waals surface area contributed by atoms with Crippen LogP contribution in [0.15, 0.2) is 22.6 Å². The average molecular weight is 545 g/mol. The van der Waals surface area contributed by atoms with Crippen LogP contribution in [0.1, 0.15) is 48.4 Å². The van der Waals surface area contributed by atoms with Gasteiger partial charge in [-0.2, -0.15) is 18.2 Å². The Morgan fingerprint density at radius 1 is 1.05 bits per heavy atom. The van der Waals surface area contributed by atoms with Crippen LogP contribution in [-0.4, -0.2) is 63.2 Å². The number of anilines is 3. The molecule has 1 aromatic heterocycles. The molecule has 5 rings (SSSR count). The van der Waals surface area contributed by atoms with Crippen LogP contribution in [-0.2, 0) is 16.3 Å². The number of piperidine rings is 2. The lowest BCUT2D eigenvalue weighted by Gasteiger charge is -2.46. The minimum Gasteiger partial charge on any atom is -0.427 e. The Morgan fingerprint density at radius 2 is 1.73 bits per heavy atom. The SMILES string of the molecule is O=C(Nc1ccc(N2CCCCC2)c(F)c1)c1nc(N2CCC3(CC2)CS(=O)(=O)C3)oc1CC(F)(F)F. The van der Waals surface area contributed by atoms with Crippen LogP contribution >= 0.6 is 0 Å². The van der Waals surface area contributed by atoms with Crippen molar-refractivity contribution in [1.82, 2.24) is 4.98 Å². The summed E-state index contributed by atoms with van der Waals surface area (Å²) in [6.45, 7) is 2.18. The molecule has 0 aliphatic carbocycles. The van der Waals surface area contributed by atoms with Crippen LogP contribution in [0.5, 0.6) is 0 Å². The average Bonchev–Trinajstić information content (AvgIpc) is 3.21. The topological polar surface area (TPSA) is 95.8 Å². The second kappa shape index (κ2) is 9.48. The molecule has 13 heteroatoms. The van der Waals surface area contributed by atoms with Gasteiger partial charge in [0.05, 0.1) is 17.2 Å². The number of benzene rings is 1. The molecule has 0 bridgehead atoms. The Kier molecular flexibility index (Phi) is 6.61. The van der Waals surface area contributed by atoms with Crippen molar-refractivity contribution in [1.29, 1.82) is 0 Å². The molecule has 1 aromatic carbocycles. The number of amides is 1. The molecule has 1 spiro atoms. The van der Waals surface area contributed by atoms with E-state index in [0.717, 1.165) is 38.4 Å².